The van der Waals surface area contributed by atoms with Gasteiger partial charge in [-0.15, -0.1) is 11.8 Å². The first kappa shape index (κ1) is 19.7. The zero-order chi connectivity index (χ0) is 19.1. The molecule has 0 amide bonds. The summed E-state index contributed by atoms with van der Waals surface area (Å²) in [5, 5.41) is 0. The Balaban J connectivity index is 1.60. The normalized spacial score (nSPS) is 11.3. The molecule has 3 aromatic rings. The van der Waals surface area contributed by atoms with Gasteiger partial charge < -0.3 is 15.0 Å². The van der Waals surface area contributed by atoms with Gasteiger partial charge in [-0.25, -0.2) is 9.97 Å². The SMILES string of the molecule is CCOCc1nc2c(N)ncc(C)c2n1CCCCCSc1ccccc1. The molecule has 0 bridgehead atoms. The number of hydrogen-bond acceptors (Lipinski definition) is 5. The fourth-order valence-corrected chi connectivity index (χ4v) is 4.10. The van der Waals surface area contributed by atoms with Gasteiger partial charge in [-0.2, -0.15) is 0 Å². The van der Waals surface area contributed by atoms with Crippen LogP contribution in [0.2, 0.25) is 0 Å². The number of hydrogen-bond donors (Lipinski definition) is 1. The van der Waals surface area contributed by atoms with E-state index in [0.717, 1.165) is 41.1 Å². The molecule has 6 heteroatoms. The maximum absolute atomic E-state index is 6.06. The number of thioether (sulfide) groups is 1. The van der Waals surface area contributed by atoms with Crippen molar-refractivity contribution in [1.29, 1.82) is 0 Å². The average Bonchev–Trinajstić information content (AvgIpc) is 3.06. The highest BCUT2D eigenvalue weighted by atomic mass is 32.2. The smallest absolute Gasteiger partial charge is 0.151 e. The Kier molecular flexibility index (Phi) is 7.12. The molecule has 0 aliphatic carbocycles. The van der Waals surface area contributed by atoms with Crippen molar-refractivity contribution in [2.75, 3.05) is 18.1 Å². The van der Waals surface area contributed by atoms with E-state index in [0.29, 0.717) is 19.0 Å². The molecule has 0 unspecified atom stereocenters. The van der Waals surface area contributed by atoms with E-state index < -0.39 is 0 Å². The van der Waals surface area contributed by atoms with E-state index in [4.69, 9.17) is 15.5 Å². The number of nitrogens with two attached hydrogens (primary N) is 1. The van der Waals surface area contributed by atoms with Crippen LogP contribution in [-0.2, 0) is 17.9 Å². The summed E-state index contributed by atoms with van der Waals surface area (Å²) >= 11 is 1.93. The van der Waals surface area contributed by atoms with Gasteiger partial charge in [0.25, 0.3) is 0 Å². The third kappa shape index (κ3) is 5.02. The van der Waals surface area contributed by atoms with Gasteiger partial charge in [0.15, 0.2) is 5.82 Å². The quantitative estimate of drug-likeness (QED) is 0.401. The van der Waals surface area contributed by atoms with Gasteiger partial charge in [0.05, 0.1) is 5.52 Å². The first-order valence-corrected chi connectivity index (χ1v) is 10.5. The number of pyridine rings is 1. The Morgan fingerprint density at radius 2 is 1.96 bits per heavy atom. The van der Waals surface area contributed by atoms with Crippen LogP contribution in [-0.4, -0.2) is 26.9 Å². The van der Waals surface area contributed by atoms with Crippen molar-refractivity contribution < 1.29 is 4.74 Å². The summed E-state index contributed by atoms with van der Waals surface area (Å²) in [6.07, 6.45) is 5.33. The van der Waals surface area contributed by atoms with E-state index in [2.05, 4.69) is 46.8 Å². The Labute approximate surface area is 165 Å². The van der Waals surface area contributed by atoms with Crippen LogP contribution in [0, 0.1) is 6.92 Å². The first-order chi connectivity index (χ1) is 13.2. The molecule has 0 aliphatic rings. The number of aryl methyl sites for hydroxylation is 2. The molecule has 27 heavy (non-hydrogen) atoms. The zero-order valence-electron chi connectivity index (χ0n) is 16.1. The lowest BCUT2D eigenvalue weighted by molar-refractivity contribution is 0.126. The van der Waals surface area contributed by atoms with Gasteiger partial charge in [-0.3, -0.25) is 0 Å². The van der Waals surface area contributed by atoms with Gasteiger partial charge in [-0.05, 0) is 50.1 Å². The summed E-state index contributed by atoms with van der Waals surface area (Å²) in [6, 6.07) is 10.6. The second-order valence-corrected chi connectivity index (χ2v) is 7.73. The summed E-state index contributed by atoms with van der Waals surface area (Å²) in [5.41, 5.74) is 9.05. The molecule has 2 N–H and O–H groups in total. The van der Waals surface area contributed by atoms with E-state index in [1.165, 1.54) is 17.7 Å². The van der Waals surface area contributed by atoms with Gasteiger partial charge in [0, 0.05) is 24.2 Å². The minimum atomic E-state index is 0.492. The van der Waals surface area contributed by atoms with E-state index in [1.807, 2.05) is 24.9 Å². The lowest BCUT2D eigenvalue weighted by atomic mass is 10.2. The fourth-order valence-electron chi connectivity index (χ4n) is 3.17. The zero-order valence-corrected chi connectivity index (χ0v) is 17.0. The second-order valence-electron chi connectivity index (χ2n) is 6.56. The number of nitrogen functional groups attached to an aromatic ring is 1. The van der Waals surface area contributed by atoms with Crippen LogP contribution in [0.15, 0.2) is 41.4 Å². The highest BCUT2D eigenvalue weighted by molar-refractivity contribution is 7.99. The monoisotopic (exact) mass is 384 g/mol. The molecule has 2 heterocycles. The van der Waals surface area contributed by atoms with Gasteiger partial charge in [0.1, 0.15) is 17.9 Å². The predicted molar refractivity (Wildman–Crippen MR) is 113 cm³/mol. The van der Waals surface area contributed by atoms with Crippen LogP contribution in [0.25, 0.3) is 11.0 Å². The lowest BCUT2D eigenvalue weighted by Gasteiger charge is -2.11. The summed E-state index contributed by atoms with van der Waals surface area (Å²) in [4.78, 5) is 10.3. The predicted octanol–water partition coefficient (Wildman–Crippen LogP) is 4.82. The minimum Gasteiger partial charge on any atom is -0.382 e. The van der Waals surface area contributed by atoms with Crippen LogP contribution >= 0.6 is 11.8 Å². The third-order valence-corrected chi connectivity index (χ3v) is 5.63. The summed E-state index contributed by atoms with van der Waals surface area (Å²) in [6.45, 7) is 6.17. The number of fused-ring (bicyclic) bond motifs is 1. The molecule has 5 nitrogen and oxygen atoms in total. The van der Waals surface area contributed by atoms with E-state index in [-0.39, 0.29) is 0 Å². The molecule has 2 aromatic heterocycles. The van der Waals surface area contributed by atoms with Crippen molar-refractivity contribution in [3.05, 3.63) is 47.9 Å². The molecule has 0 saturated carbocycles. The molecular weight excluding hydrogens is 356 g/mol. The Hall–Kier alpha value is -2.05. The highest BCUT2D eigenvalue weighted by Crippen LogP contribution is 2.25. The Bertz CT molecular complexity index is 863. The van der Waals surface area contributed by atoms with E-state index >= 15 is 0 Å². The van der Waals surface area contributed by atoms with Crippen LogP contribution in [0.5, 0.6) is 0 Å². The van der Waals surface area contributed by atoms with Crippen molar-refractivity contribution in [2.24, 2.45) is 0 Å². The number of imidazole rings is 1. The number of ether oxygens (including phenoxy) is 1. The van der Waals surface area contributed by atoms with Crippen LogP contribution < -0.4 is 5.73 Å². The topological polar surface area (TPSA) is 66.0 Å². The highest BCUT2D eigenvalue weighted by Gasteiger charge is 2.15. The molecular formula is C21H28N4OS. The Morgan fingerprint density at radius 3 is 2.74 bits per heavy atom. The molecule has 1 aromatic carbocycles. The van der Waals surface area contributed by atoms with Gasteiger partial charge in [0.2, 0.25) is 0 Å². The fraction of sp³-hybridized carbons (Fsp3) is 0.429. The van der Waals surface area contributed by atoms with Crippen molar-refractivity contribution in [1.82, 2.24) is 14.5 Å². The maximum atomic E-state index is 6.06. The summed E-state index contributed by atoms with van der Waals surface area (Å²) < 4.78 is 7.88. The number of rotatable bonds is 10. The van der Waals surface area contributed by atoms with E-state index in [1.54, 1.807) is 0 Å². The number of unbranched alkanes of at least 4 members (excludes halogenated alkanes) is 2. The van der Waals surface area contributed by atoms with Crippen molar-refractivity contribution in [3.8, 4) is 0 Å². The third-order valence-electron chi connectivity index (χ3n) is 4.53. The minimum absolute atomic E-state index is 0.492. The largest absolute Gasteiger partial charge is 0.382 e. The molecule has 0 atom stereocenters. The maximum Gasteiger partial charge on any atom is 0.151 e. The number of anilines is 1. The van der Waals surface area contributed by atoms with Crippen LogP contribution in [0.4, 0.5) is 5.82 Å². The van der Waals surface area contributed by atoms with Crippen molar-refractivity contribution in [3.63, 3.8) is 0 Å². The van der Waals surface area contributed by atoms with E-state index in [9.17, 15) is 0 Å². The first-order valence-electron chi connectivity index (χ1n) is 9.56. The standard InChI is InChI=1S/C21H28N4OS/c1-3-26-15-18-24-19-20(16(2)14-23-21(19)22)25(18)12-8-5-9-13-27-17-10-6-4-7-11-17/h4,6-7,10-11,14H,3,5,8-9,12-13,15H2,1-2H3,(H2,22,23). The number of benzene rings is 1. The van der Waals surface area contributed by atoms with Gasteiger partial charge >= 0.3 is 0 Å². The molecule has 0 saturated heterocycles. The molecule has 144 valence electrons. The van der Waals surface area contributed by atoms with Crippen molar-refractivity contribution in [2.45, 2.75) is 51.2 Å². The molecule has 3 rings (SSSR count). The number of aromatic nitrogens is 3. The average molecular weight is 385 g/mol. The Morgan fingerprint density at radius 1 is 1.15 bits per heavy atom. The molecule has 0 spiro atoms. The van der Waals surface area contributed by atoms with Gasteiger partial charge in [-0.1, -0.05) is 24.6 Å². The van der Waals surface area contributed by atoms with Crippen molar-refractivity contribution >= 4 is 28.6 Å². The molecule has 0 fully saturated rings. The lowest BCUT2D eigenvalue weighted by Crippen LogP contribution is -2.07. The number of nitrogens with zero attached hydrogens (tertiary/aromatic N) is 3. The molecule has 0 aliphatic heterocycles. The summed E-state index contributed by atoms with van der Waals surface area (Å²) in [7, 11) is 0. The summed E-state index contributed by atoms with van der Waals surface area (Å²) in [5.74, 6) is 2.58. The second kappa shape index (κ2) is 9.76. The van der Waals surface area contributed by atoms with Crippen LogP contribution in [0.1, 0.15) is 37.6 Å². The molecule has 0 radical (unpaired) electrons. The van der Waals surface area contributed by atoms with Crippen LogP contribution in [0.3, 0.4) is 0 Å².